The molecular weight excluding hydrogens is 294 g/mol. The van der Waals surface area contributed by atoms with Crippen molar-refractivity contribution in [1.29, 1.82) is 0 Å². The molecule has 0 unspecified atom stereocenters. The molecule has 0 saturated carbocycles. The van der Waals surface area contributed by atoms with Gasteiger partial charge in [0.2, 0.25) is 0 Å². The van der Waals surface area contributed by atoms with Crippen molar-refractivity contribution in [2.45, 2.75) is 52.4 Å². The van der Waals surface area contributed by atoms with E-state index in [2.05, 4.69) is 71.0 Å². The molecule has 0 aromatic rings. The van der Waals surface area contributed by atoms with Gasteiger partial charge in [0.1, 0.15) is 0 Å². The van der Waals surface area contributed by atoms with Crippen molar-refractivity contribution in [1.82, 2.24) is 4.57 Å². The molecule has 18 heavy (non-hydrogen) atoms. The Morgan fingerprint density at radius 1 is 0.778 bits per heavy atom. The molecule has 0 rings (SSSR count). The molecule has 0 fully saturated rings. The maximum absolute atomic E-state index is 6.36. The van der Waals surface area contributed by atoms with Crippen LogP contribution in [-0.4, -0.2) is 53.3 Å². The summed E-state index contributed by atoms with van der Waals surface area (Å²) >= 11 is 0. The Hall–Kier alpha value is 0.708. The summed E-state index contributed by atoms with van der Waals surface area (Å²) < 4.78 is 20.9. The zero-order valence-electron chi connectivity index (χ0n) is 13.7. The van der Waals surface area contributed by atoms with E-state index in [9.17, 15) is 0 Å². The van der Waals surface area contributed by atoms with Crippen LogP contribution in [0.5, 0.6) is 0 Å². The van der Waals surface area contributed by atoms with Gasteiger partial charge in [0.05, 0.1) is 0 Å². The van der Waals surface area contributed by atoms with Gasteiger partial charge in [-0.25, -0.2) is 0 Å². The second-order valence-corrected chi connectivity index (χ2v) is 20.6. The van der Waals surface area contributed by atoms with E-state index >= 15 is 0 Å². The number of hydrogen-bond donors (Lipinski definition) is 0. The van der Waals surface area contributed by atoms with Crippen LogP contribution in [0, 0.1) is 0 Å². The lowest BCUT2D eigenvalue weighted by atomic mass is 11.3. The van der Waals surface area contributed by atoms with E-state index in [-0.39, 0.29) is 0 Å². The summed E-state index contributed by atoms with van der Waals surface area (Å²) in [5.74, 6) is 0. The van der Waals surface area contributed by atoms with Gasteiger partial charge in [-0.1, -0.05) is 0 Å². The van der Waals surface area contributed by atoms with Gasteiger partial charge in [0.15, 0.2) is 9.04 Å². The molecule has 0 heterocycles. The highest BCUT2D eigenvalue weighted by atomic mass is 28.5. The summed E-state index contributed by atoms with van der Waals surface area (Å²) in [5.41, 5.74) is 0. The first-order chi connectivity index (χ1) is 7.77. The fraction of sp³-hybridized carbons (Fsp3) is 1.00. The monoisotopic (exact) mass is 325 g/mol. The van der Waals surface area contributed by atoms with Gasteiger partial charge in [-0.2, -0.15) is 0 Å². The normalized spacial score (nSPS) is 14.7. The van der Waals surface area contributed by atoms with E-state index in [1.54, 1.807) is 0 Å². The standard InChI is InChI=1S/C10H31NO3Si4/c1-11(2)16(5,6)13-18(9,10)14-17(7,8)12-15(3)4/h15H,1-10H3. The summed E-state index contributed by atoms with van der Waals surface area (Å²) in [6.07, 6.45) is 0. The van der Waals surface area contributed by atoms with Crippen molar-refractivity contribution in [2.24, 2.45) is 0 Å². The molecule has 0 aromatic carbocycles. The van der Waals surface area contributed by atoms with Crippen molar-refractivity contribution in [3.8, 4) is 0 Å². The fourth-order valence-electron chi connectivity index (χ4n) is 1.90. The van der Waals surface area contributed by atoms with Crippen LogP contribution in [0.3, 0.4) is 0 Å². The molecule has 0 saturated heterocycles. The predicted octanol–water partition coefficient (Wildman–Crippen LogP) is 2.69. The van der Waals surface area contributed by atoms with Gasteiger partial charge < -0.3 is 16.9 Å². The lowest BCUT2D eigenvalue weighted by Gasteiger charge is -2.40. The van der Waals surface area contributed by atoms with E-state index < -0.39 is 34.6 Å². The quantitative estimate of drug-likeness (QED) is 0.673. The largest absolute Gasteiger partial charge is 0.440 e. The molecule has 8 heteroatoms. The van der Waals surface area contributed by atoms with E-state index in [0.29, 0.717) is 0 Å². The Morgan fingerprint density at radius 2 is 1.22 bits per heavy atom. The zero-order chi connectivity index (χ0) is 14.8. The van der Waals surface area contributed by atoms with Crippen LogP contribution in [0.4, 0.5) is 0 Å². The van der Waals surface area contributed by atoms with Gasteiger partial charge in [-0.05, 0) is 66.5 Å². The minimum atomic E-state index is -2.12. The minimum absolute atomic E-state index is 1.05. The lowest BCUT2D eigenvalue weighted by Crippen LogP contribution is -2.58. The first kappa shape index (κ1) is 18.7. The molecule has 0 aliphatic rings. The summed E-state index contributed by atoms with van der Waals surface area (Å²) in [7, 11) is -2.86. The van der Waals surface area contributed by atoms with Crippen LogP contribution in [-0.2, 0) is 12.3 Å². The smallest absolute Gasteiger partial charge is 0.313 e. The molecule has 0 aliphatic carbocycles. The van der Waals surface area contributed by atoms with Crippen LogP contribution < -0.4 is 0 Å². The van der Waals surface area contributed by atoms with Crippen molar-refractivity contribution in [3.05, 3.63) is 0 Å². The van der Waals surface area contributed by atoms with Gasteiger partial charge in [-0.3, -0.25) is 0 Å². The third kappa shape index (κ3) is 7.33. The molecule has 0 atom stereocenters. The second kappa shape index (κ2) is 6.44. The van der Waals surface area contributed by atoms with Crippen molar-refractivity contribution >= 4 is 34.6 Å². The van der Waals surface area contributed by atoms with Crippen LogP contribution in [0.15, 0.2) is 0 Å². The summed E-state index contributed by atoms with van der Waals surface area (Å²) in [6, 6.07) is 0. The summed E-state index contributed by atoms with van der Waals surface area (Å²) in [4.78, 5) is 0. The second-order valence-electron chi connectivity index (χ2n) is 6.51. The van der Waals surface area contributed by atoms with Crippen molar-refractivity contribution in [2.75, 3.05) is 14.1 Å². The maximum Gasteiger partial charge on any atom is 0.313 e. The maximum atomic E-state index is 6.36. The Morgan fingerprint density at radius 3 is 1.56 bits per heavy atom. The van der Waals surface area contributed by atoms with E-state index in [1.807, 2.05) is 0 Å². The molecule has 0 bridgehead atoms. The van der Waals surface area contributed by atoms with Gasteiger partial charge >= 0.3 is 17.1 Å². The highest BCUT2D eigenvalue weighted by molar-refractivity contribution is 6.86. The zero-order valence-corrected chi connectivity index (χ0v) is 17.9. The minimum Gasteiger partial charge on any atom is -0.440 e. The number of nitrogens with zero attached hydrogens (tertiary/aromatic N) is 1. The molecular formula is C10H31NO3Si4. The highest BCUT2D eigenvalue weighted by Crippen LogP contribution is 2.22. The third-order valence-corrected chi connectivity index (χ3v) is 16.8. The molecule has 0 radical (unpaired) electrons. The highest BCUT2D eigenvalue weighted by Gasteiger charge is 2.42. The molecule has 0 aromatic heterocycles. The van der Waals surface area contributed by atoms with E-state index in [0.717, 1.165) is 0 Å². The average molecular weight is 326 g/mol. The van der Waals surface area contributed by atoms with Gasteiger partial charge in [0, 0.05) is 0 Å². The SMILES string of the molecule is CN(C)[Si](C)(C)O[Si](C)(C)O[Si](C)(C)O[SiH](C)C. The number of rotatable bonds is 7. The molecule has 0 spiro atoms. The topological polar surface area (TPSA) is 30.9 Å². The first-order valence-electron chi connectivity index (χ1n) is 6.53. The average Bonchev–Trinajstić information content (AvgIpc) is 1.94. The molecule has 0 amide bonds. The van der Waals surface area contributed by atoms with Gasteiger partial charge in [0.25, 0.3) is 8.48 Å². The van der Waals surface area contributed by atoms with E-state index in [1.165, 1.54) is 0 Å². The molecule has 0 aliphatic heterocycles. The predicted molar refractivity (Wildman–Crippen MR) is 88.3 cm³/mol. The third-order valence-electron chi connectivity index (χ3n) is 2.58. The van der Waals surface area contributed by atoms with Crippen LogP contribution in [0.25, 0.3) is 0 Å². The summed E-state index contributed by atoms with van der Waals surface area (Å²) in [5, 5.41) is 0. The lowest BCUT2D eigenvalue weighted by molar-refractivity contribution is 0.316. The number of hydrogen-bond acceptors (Lipinski definition) is 4. The summed E-state index contributed by atoms with van der Waals surface area (Å²) in [6.45, 7) is 17.3. The fourth-order valence-corrected chi connectivity index (χ4v) is 17.9. The van der Waals surface area contributed by atoms with Gasteiger partial charge in [-0.15, -0.1) is 0 Å². The molecule has 110 valence electrons. The van der Waals surface area contributed by atoms with Crippen molar-refractivity contribution < 1.29 is 12.3 Å². The Bertz CT molecular complexity index is 270. The Labute approximate surface area is 118 Å². The van der Waals surface area contributed by atoms with E-state index in [4.69, 9.17) is 12.3 Å². The van der Waals surface area contributed by atoms with Crippen LogP contribution >= 0.6 is 0 Å². The molecule has 0 N–H and O–H groups in total. The first-order valence-corrected chi connectivity index (χ1v) is 17.8. The van der Waals surface area contributed by atoms with Crippen LogP contribution in [0.2, 0.25) is 52.4 Å². The Balaban J connectivity index is 4.65. The van der Waals surface area contributed by atoms with Crippen molar-refractivity contribution in [3.63, 3.8) is 0 Å². The molecule has 4 nitrogen and oxygen atoms in total. The Kier molecular flexibility index (Phi) is 6.69. The van der Waals surface area contributed by atoms with Crippen LogP contribution in [0.1, 0.15) is 0 Å².